The zero-order chi connectivity index (χ0) is 9.56. The Labute approximate surface area is 70.3 Å². The Morgan fingerprint density at radius 3 is 2.17 bits per heavy atom. The highest BCUT2D eigenvalue weighted by atomic mass is 16.5. The molecule has 0 amide bonds. The van der Waals surface area contributed by atoms with Gasteiger partial charge < -0.3 is 14.8 Å². The molecular formula is C7H11NO4. The molecular weight excluding hydrogens is 162 g/mol. The minimum Gasteiger partial charge on any atom is -0.466 e. The van der Waals surface area contributed by atoms with E-state index in [4.69, 9.17) is 0 Å². The van der Waals surface area contributed by atoms with Crippen molar-refractivity contribution in [2.24, 2.45) is 0 Å². The van der Waals surface area contributed by atoms with Crippen LogP contribution in [0.2, 0.25) is 0 Å². The lowest BCUT2D eigenvalue weighted by molar-refractivity contribution is -0.138. The molecule has 0 radical (unpaired) electrons. The highest BCUT2D eigenvalue weighted by Gasteiger charge is 2.09. The van der Waals surface area contributed by atoms with Crippen molar-refractivity contribution in [1.82, 2.24) is 5.32 Å². The maximum atomic E-state index is 10.8. The van der Waals surface area contributed by atoms with Crippen LogP contribution in [-0.4, -0.2) is 33.2 Å². The Bertz CT molecular complexity index is 209. The third kappa shape index (κ3) is 3.05. The van der Waals surface area contributed by atoms with E-state index in [0.717, 1.165) is 6.08 Å². The maximum absolute atomic E-state index is 10.8. The number of nitrogens with one attached hydrogen (secondary N) is 1. The molecule has 0 aliphatic heterocycles. The molecule has 0 rings (SSSR count). The van der Waals surface area contributed by atoms with Crippen molar-refractivity contribution in [2.75, 3.05) is 21.3 Å². The second-order valence-corrected chi connectivity index (χ2v) is 1.82. The van der Waals surface area contributed by atoms with Crippen LogP contribution < -0.4 is 5.32 Å². The lowest BCUT2D eigenvalue weighted by atomic mass is 10.4. The molecule has 68 valence electrons. The molecule has 0 spiro atoms. The van der Waals surface area contributed by atoms with Crippen LogP contribution in [0.15, 0.2) is 11.8 Å². The second kappa shape index (κ2) is 5.17. The van der Waals surface area contributed by atoms with Gasteiger partial charge in [-0.1, -0.05) is 0 Å². The van der Waals surface area contributed by atoms with Crippen molar-refractivity contribution in [3.8, 4) is 0 Å². The summed E-state index contributed by atoms with van der Waals surface area (Å²) in [7, 11) is 3.96. The minimum absolute atomic E-state index is 0.0596. The van der Waals surface area contributed by atoms with Gasteiger partial charge in [-0.2, -0.15) is 0 Å². The number of ether oxygens (including phenoxy) is 2. The Hall–Kier alpha value is -1.52. The summed E-state index contributed by atoms with van der Waals surface area (Å²) in [5.74, 6) is -1.22. The van der Waals surface area contributed by atoms with Gasteiger partial charge in [0.2, 0.25) is 0 Å². The largest absolute Gasteiger partial charge is 0.466 e. The topological polar surface area (TPSA) is 64.6 Å². The van der Waals surface area contributed by atoms with Crippen LogP contribution in [0.3, 0.4) is 0 Å². The molecule has 0 aromatic carbocycles. The zero-order valence-corrected chi connectivity index (χ0v) is 7.21. The number of rotatable bonds is 3. The van der Waals surface area contributed by atoms with Crippen LogP contribution in [0.5, 0.6) is 0 Å². The number of carbonyl (C=O) groups excluding carboxylic acids is 2. The van der Waals surface area contributed by atoms with Gasteiger partial charge in [-0.05, 0) is 0 Å². The highest BCUT2D eigenvalue weighted by molar-refractivity contribution is 5.95. The first kappa shape index (κ1) is 10.5. The summed E-state index contributed by atoms with van der Waals surface area (Å²) in [6.45, 7) is 0. The molecule has 0 unspecified atom stereocenters. The van der Waals surface area contributed by atoms with Crippen molar-refractivity contribution >= 4 is 11.9 Å². The number of methoxy groups -OCH3 is 2. The van der Waals surface area contributed by atoms with E-state index in [-0.39, 0.29) is 5.70 Å². The van der Waals surface area contributed by atoms with Crippen LogP contribution in [0.4, 0.5) is 0 Å². The van der Waals surface area contributed by atoms with Crippen molar-refractivity contribution in [3.63, 3.8) is 0 Å². The van der Waals surface area contributed by atoms with Crippen LogP contribution >= 0.6 is 0 Å². The van der Waals surface area contributed by atoms with Crippen LogP contribution in [0, 0.1) is 0 Å². The molecule has 0 saturated carbocycles. The van der Waals surface area contributed by atoms with Crippen LogP contribution in [-0.2, 0) is 19.1 Å². The van der Waals surface area contributed by atoms with Gasteiger partial charge in [-0.15, -0.1) is 0 Å². The van der Waals surface area contributed by atoms with E-state index in [1.807, 2.05) is 0 Å². The van der Waals surface area contributed by atoms with E-state index in [0.29, 0.717) is 0 Å². The molecule has 0 aliphatic rings. The van der Waals surface area contributed by atoms with Crippen molar-refractivity contribution in [2.45, 2.75) is 0 Å². The van der Waals surface area contributed by atoms with Crippen LogP contribution in [0.25, 0.3) is 0 Å². The molecule has 5 nitrogen and oxygen atoms in total. The normalized spacial score (nSPS) is 10.4. The van der Waals surface area contributed by atoms with Gasteiger partial charge in [0.25, 0.3) is 0 Å². The van der Waals surface area contributed by atoms with Gasteiger partial charge in [0, 0.05) is 7.05 Å². The van der Waals surface area contributed by atoms with E-state index in [1.165, 1.54) is 21.3 Å². The standard InChI is InChI=1S/C7H11NO4/c1-8-5(7(10)12-3)4-6(9)11-2/h4,8H,1-3H3/b5-4+. The van der Waals surface area contributed by atoms with E-state index < -0.39 is 11.9 Å². The summed E-state index contributed by atoms with van der Waals surface area (Å²) in [4.78, 5) is 21.5. The molecule has 1 N–H and O–H groups in total. The minimum atomic E-state index is -0.608. The fourth-order valence-electron chi connectivity index (χ4n) is 0.520. The fourth-order valence-corrected chi connectivity index (χ4v) is 0.520. The molecule has 0 heterocycles. The van der Waals surface area contributed by atoms with Crippen molar-refractivity contribution < 1.29 is 19.1 Å². The number of likely N-dealkylation sites (N-methyl/N-ethyl adjacent to an activating group) is 1. The average molecular weight is 173 g/mol. The van der Waals surface area contributed by atoms with Gasteiger partial charge in [-0.3, -0.25) is 0 Å². The van der Waals surface area contributed by atoms with Crippen molar-refractivity contribution in [1.29, 1.82) is 0 Å². The summed E-state index contributed by atoms with van der Waals surface area (Å²) in [5.41, 5.74) is 0.0596. The summed E-state index contributed by atoms with van der Waals surface area (Å²) in [5, 5.41) is 2.50. The molecule has 0 aromatic rings. The van der Waals surface area contributed by atoms with Gasteiger partial charge >= 0.3 is 11.9 Å². The van der Waals surface area contributed by atoms with E-state index >= 15 is 0 Å². The molecule has 0 aromatic heterocycles. The highest BCUT2D eigenvalue weighted by Crippen LogP contribution is 1.92. The molecule has 0 bridgehead atoms. The van der Waals surface area contributed by atoms with E-state index in [9.17, 15) is 9.59 Å². The number of carbonyl (C=O) groups is 2. The van der Waals surface area contributed by atoms with Crippen LogP contribution in [0.1, 0.15) is 0 Å². The fraction of sp³-hybridized carbons (Fsp3) is 0.429. The Kier molecular flexibility index (Phi) is 4.52. The first-order valence-corrected chi connectivity index (χ1v) is 3.21. The Morgan fingerprint density at radius 1 is 1.25 bits per heavy atom. The SMILES string of the molecule is CN/C(=C/C(=O)OC)C(=O)OC. The van der Waals surface area contributed by atoms with Crippen molar-refractivity contribution in [3.05, 3.63) is 11.8 Å². The predicted octanol–water partition coefficient (Wildman–Crippen LogP) is -0.564. The van der Waals surface area contributed by atoms with Gasteiger partial charge in [0.15, 0.2) is 0 Å². The zero-order valence-electron chi connectivity index (χ0n) is 7.21. The van der Waals surface area contributed by atoms with Gasteiger partial charge in [0.1, 0.15) is 5.70 Å². The molecule has 12 heavy (non-hydrogen) atoms. The predicted molar refractivity (Wildman–Crippen MR) is 41.2 cm³/mol. The third-order valence-electron chi connectivity index (χ3n) is 1.14. The molecule has 0 atom stereocenters. The summed E-state index contributed by atoms with van der Waals surface area (Å²) in [6.07, 6.45) is 1.02. The summed E-state index contributed by atoms with van der Waals surface area (Å²) in [6, 6.07) is 0. The lowest BCUT2D eigenvalue weighted by Crippen LogP contribution is -2.19. The number of hydrogen-bond donors (Lipinski definition) is 1. The first-order chi connectivity index (χ1) is 5.65. The molecule has 0 saturated heterocycles. The monoisotopic (exact) mass is 173 g/mol. The summed E-state index contributed by atoms with van der Waals surface area (Å²) >= 11 is 0. The summed E-state index contributed by atoms with van der Waals surface area (Å²) < 4.78 is 8.69. The number of hydrogen-bond acceptors (Lipinski definition) is 5. The lowest BCUT2D eigenvalue weighted by Gasteiger charge is -2.02. The average Bonchev–Trinajstić information content (AvgIpc) is 2.12. The second-order valence-electron chi connectivity index (χ2n) is 1.82. The maximum Gasteiger partial charge on any atom is 0.354 e. The molecule has 0 fully saturated rings. The Balaban J connectivity index is 4.43. The first-order valence-electron chi connectivity index (χ1n) is 3.21. The van der Waals surface area contributed by atoms with E-state index in [1.54, 1.807) is 0 Å². The van der Waals surface area contributed by atoms with Gasteiger partial charge in [0.05, 0.1) is 20.3 Å². The third-order valence-corrected chi connectivity index (χ3v) is 1.14. The smallest absolute Gasteiger partial charge is 0.354 e. The molecule has 0 aliphatic carbocycles. The number of esters is 2. The molecule has 5 heteroatoms. The van der Waals surface area contributed by atoms with E-state index in [2.05, 4.69) is 14.8 Å². The quantitative estimate of drug-likeness (QED) is 0.457. The Morgan fingerprint density at radius 2 is 1.83 bits per heavy atom. The van der Waals surface area contributed by atoms with Gasteiger partial charge in [-0.25, -0.2) is 9.59 Å².